The van der Waals surface area contributed by atoms with Gasteiger partial charge < -0.3 is 5.11 Å². The summed E-state index contributed by atoms with van der Waals surface area (Å²) in [6, 6.07) is 0. The molecule has 0 aromatic heterocycles. The molecule has 3 nitrogen and oxygen atoms in total. The average Bonchev–Trinajstić information content (AvgIpc) is 1.39. The van der Waals surface area contributed by atoms with Crippen molar-refractivity contribution in [3.05, 3.63) is 0 Å². The van der Waals surface area contributed by atoms with Crippen LogP contribution < -0.4 is 55.1 Å². The maximum absolute atomic E-state index is 8.50. The molecule has 0 aliphatic rings. The molecule has 5 heteroatoms. The van der Waals surface area contributed by atoms with Crippen molar-refractivity contribution in [3.8, 4) is 0 Å². The molecule has 0 aliphatic heterocycles. The summed E-state index contributed by atoms with van der Waals surface area (Å²) in [6.45, 7) is 1.93. The molecule has 0 unspecified atom stereocenters. The van der Waals surface area contributed by atoms with Gasteiger partial charge in [-0.2, -0.15) is 0 Å². The van der Waals surface area contributed by atoms with E-state index in [1.165, 1.54) is 0 Å². The summed E-state index contributed by atoms with van der Waals surface area (Å²) < 4.78 is 17.0. The molecule has 0 saturated carbocycles. The van der Waals surface area contributed by atoms with E-state index in [9.17, 15) is 0 Å². The van der Waals surface area contributed by atoms with Crippen molar-refractivity contribution in [2.75, 3.05) is 6.61 Å². The summed E-state index contributed by atoms with van der Waals surface area (Å²) in [5.41, 5.74) is 0. The molecule has 0 aromatic carbocycles. The van der Waals surface area contributed by atoms with E-state index in [1.54, 1.807) is 6.92 Å². The van der Waals surface area contributed by atoms with Gasteiger partial charge in [-0.15, -0.1) is 0 Å². The zero-order chi connectivity index (χ0) is 5.41. The molecule has 0 saturated heterocycles. The third-order valence-electron chi connectivity index (χ3n) is 0. The molecule has 0 aromatic rings. The molecular weight excluding hydrogens is 159 g/mol. The molecule has 7 heavy (non-hydrogen) atoms. The van der Waals surface area contributed by atoms with Gasteiger partial charge in [0.1, 0.15) is 0 Å². The first kappa shape index (κ1) is 16.0. The summed E-state index contributed by atoms with van der Waals surface area (Å²) in [6.07, 6.45) is 0. The van der Waals surface area contributed by atoms with Crippen LogP contribution in [0, 0.1) is 0 Å². The van der Waals surface area contributed by atoms with Crippen LogP contribution in [0.4, 0.5) is 0 Å². The van der Waals surface area contributed by atoms with Gasteiger partial charge in [-0.25, -0.2) is 0 Å². The third-order valence-corrected chi connectivity index (χ3v) is 0. The molecule has 0 rings (SSSR count). The van der Waals surface area contributed by atoms with E-state index in [1.807, 2.05) is 0 Å². The summed E-state index contributed by atoms with van der Waals surface area (Å²) in [7, 11) is 0. The van der Waals surface area contributed by atoms with Gasteiger partial charge in [0, 0.05) is 6.61 Å². The van der Waals surface area contributed by atoms with E-state index >= 15 is 0 Å². The fourth-order valence-corrected chi connectivity index (χ4v) is 0. The second-order valence-electron chi connectivity index (χ2n) is 0.400. The van der Waals surface area contributed by atoms with Crippen molar-refractivity contribution < 1.29 is 83.0 Å². The van der Waals surface area contributed by atoms with Crippen LogP contribution >= 0.6 is 0 Å². The van der Waals surface area contributed by atoms with E-state index in [2.05, 4.69) is 0 Å². The van der Waals surface area contributed by atoms with Crippen LogP contribution in [0.25, 0.3) is 0 Å². The molecule has 37 valence electrons. The molecule has 0 heterocycles. The Morgan fingerprint density at radius 2 is 1.86 bits per heavy atom. The van der Waals surface area contributed by atoms with Crippen molar-refractivity contribution in [3.63, 3.8) is 0 Å². The van der Waals surface area contributed by atoms with Gasteiger partial charge in [0.15, 0.2) is 0 Å². The summed E-state index contributed by atoms with van der Waals surface area (Å²) in [4.78, 5) is 0. The van der Waals surface area contributed by atoms with Crippen LogP contribution in [0.2, 0.25) is 0 Å². The Bertz CT molecular complexity index is 26.9. The Morgan fingerprint density at radius 3 is 1.86 bits per heavy atom. The summed E-state index contributed by atoms with van der Waals surface area (Å²) in [5.74, 6) is 0. The van der Waals surface area contributed by atoms with Crippen molar-refractivity contribution in [1.29, 1.82) is 0 Å². The minimum absolute atomic E-state index is 0. The van der Waals surface area contributed by atoms with Crippen LogP contribution in [0.15, 0.2) is 0 Å². The first-order chi connectivity index (χ1) is 2.83. The van der Waals surface area contributed by atoms with E-state index in [4.69, 9.17) is 12.1 Å². The van der Waals surface area contributed by atoms with Gasteiger partial charge in [0.25, 0.3) is 0 Å². The summed E-state index contributed by atoms with van der Waals surface area (Å²) in [5, 5.41) is 7.57. The molecule has 0 amide bonds. The molecule has 0 atom stereocenters. The molecule has 0 bridgehead atoms. The molecular formula is C2H6KO3Ti. The number of aliphatic hydroxyl groups is 1. The topological polar surface area (TPSA) is 60.4 Å². The molecule has 0 fully saturated rings. The predicted octanol–water partition coefficient (Wildman–Crippen LogP) is -4.31. The van der Waals surface area contributed by atoms with Crippen molar-refractivity contribution >= 4 is 0 Å². The van der Waals surface area contributed by atoms with Crippen LogP contribution in [-0.2, 0) is 22.8 Å². The van der Waals surface area contributed by atoms with Gasteiger partial charge in [-0.1, -0.05) is 0 Å². The zero-order valence-electron chi connectivity index (χ0n) is 4.47. The molecule has 0 radical (unpaired) electrons. The standard InChI is InChI=1S/C2H6O.K.2O.Ti/c1-2-3;;;;/h3H,2H2,1H3;;;;/q;+1;;-1;. The Kier molecular flexibility index (Phi) is 55.8. The van der Waals surface area contributed by atoms with Gasteiger partial charge >= 0.3 is 77.9 Å². The first-order valence-corrected chi connectivity index (χ1v) is 2.71. The van der Waals surface area contributed by atoms with E-state index in [-0.39, 0.29) is 58.0 Å². The Balaban J connectivity index is -0.0000000400. The normalized spacial score (nSPS) is 3.86. The van der Waals surface area contributed by atoms with E-state index in [0.717, 1.165) is 0 Å². The second kappa shape index (κ2) is 24.4. The average molecular weight is 165 g/mol. The van der Waals surface area contributed by atoms with Gasteiger partial charge in [-0.3, -0.25) is 0 Å². The number of hydrogen-bond donors (Lipinski definition) is 1. The van der Waals surface area contributed by atoms with Crippen molar-refractivity contribution in [1.82, 2.24) is 0 Å². The monoisotopic (exact) mass is 165 g/mol. The number of rotatable bonds is 0. The third kappa shape index (κ3) is 69.4. The second-order valence-corrected chi connectivity index (χ2v) is 0.660. The molecule has 1 N–H and O–H groups in total. The van der Waals surface area contributed by atoms with Crippen molar-refractivity contribution in [2.45, 2.75) is 6.92 Å². The van der Waals surface area contributed by atoms with Crippen LogP contribution in [0.5, 0.6) is 0 Å². The zero-order valence-corrected chi connectivity index (χ0v) is 9.16. The molecule has 0 spiro atoms. The Morgan fingerprint density at radius 1 is 1.86 bits per heavy atom. The Hall–Kier alpha value is 2.07. The van der Waals surface area contributed by atoms with Gasteiger partial charge in [0.2, 0.25) is 0 Å². The van der Waals surface area contributed by atoms with Crippen LogP contribution in [-0.4, -0.2) is 11.7 Å². The minimum atomic E-state index is -2.00. The van der Waals surface area contributed by atoms with Crippen LogP contribution in [0.3, 0.4) is 0 Å². The van der Waals surface area contributed by atoms with Crippen LogP contribution in [0.1, 0.15) is 6.92 Å². The SMILES string of the molecule is CCO.[K+].[O]=[Ti][O-]. The van der Waals surface area contributed by atoms with E-state index < -0.39 is 19.5 Å². The van der Waals surface area contributed by atoms with Gasteiger partial charge in [0.05, 0.1) is 0 Å². The predicted molar refractivity (Wildman–Crippen MR) is 13.4 cm³/mol. The number of hydrogen-bond acceptors (Lipinski definition) is 3. The first-order valence-electron chi connectivity index (χ1n) is 1.43. The Labute approximate surface area is 94.6 Å². The molecule has 0 aliphatic carbocycles. The fraction of sp³-hybridized carbons (Fsp3) is 1.00. The van der Waals surface area contributed by atoms with E-state index in [0.29, 0.717) is 0 Å². The summed E-state index contributed by atoms with van der Waals surface area (Å²) >= 11 is -2.00. The van der Waals surface area contributed by atoms with Crippen molar-refractivity contribution in [2.24, 2.45) is 0 Å². The maximum atomic E-state index is 8.50. The number of aliphatic hydroxyl groups excluding tert-OH is 1. The van der Waals surface area contributed by atoms with Gasteiger partial charge in [-0.05, 0) is 6.92 Å². The fourth-order valence-electron chi connectivity index (χ4n) is 0. The quantitative estimate of drug-likeness (QED) is 0.369.